The maximum atomic E-state index is 11.9. The molecule has 2 N–H and O–H groups in total. The van der Waals surface area contributed by atoms with E-state index in [1.54, 1.807) is 10.8 Å². The highest BCUT2D eigenvalue weighted by Crippen LogP contribution is 2.09. The van der Waals surface area contributed by atoms with Gasteiger partial charge in [-0.15, -0.1) is 0 Å². The summed E-state index contributed by atoms with van der Waals surface area (Å²) in [4.78, 5) is 26.1. The fourth-order valence-electron chi connectivity index (χ4n) is 2.01. The average molecular weight is 259 g/mol. The number of hydrogen-bond acceptors (Lipinski definition) is 2. The molecule has 0 aliphatic heterocycles. The van der Waals surface area contributed by atoms with Gasteiger partial charge in [0.25, 0.3) is 0 Å². The van der Waals surface area contributed by atoms with E-state index in [1.165, 1.54) is 0 Å². The largest absolute Gasteiger partial charge is 0.326 e. The van der Waals surface area contributed by atoms with E-state index < -0.39 is 0 Å². The number of amides is 1. The molecule has 0 unspecified atom stereocenters. The number of anilines is 1. The first-order valence-electron chi connectivity index (χ1n) is 6.21. The predicted molar refractivity (Wildman–Crippen MR) is 74.2 cm³/mol. The fraction of sp³-hybridized carbons (Fsp3) is 0.286. The summed E-state index contributed by atoms with van der Waals surface area (Å²) < 4.78 is 1.59. The quantitative estimate of drug-likeness (QED) is 0.881. The summed E-state index contributed by atoms with van der Waals surface area (Å²) in [6, 6.07) is 9.28. The average Bonchev–Trinajstić information content (AvgIpc) is 2.71. The Balaban J connectivity index is 2.10. The van der Waals surface area contributed by atoms with E-state index in [0.29, 0.717) is 5.69 Å². The van der Waals surface area contributed by atoms with Crippen LogP contribution in [0.3, 0.4) is 0 Å². The Morgan fingerprint density at radius 2 is 2.00 bits per heavy atom. The molecule has 5 nitrogen and oxygen atoms in total. The van der Waals surface area contributed by atoms with Crippen LogP contribution in [0.5, 0.6) is 0 Å². The van der Waals surface area contributed by atoms with Gasteiger partial charge in [0.05, 0.1) is 6.42 Å². The Bertz CT molecular complexity index is 611. The number of hydrogen-bond donors (Lipinski definition) is 2. The summed E-state index contributed by atoms with van der Waals surface area (Å²) in [5.41, 5.74) is 1.26. The van der Waals surface area contributed by atoms with E-state index in [9.17, 15) is 9.59 Å². The van der Waals surface area contributed by atoms with Crippen LogP contribution in [0.2, 0.25) is 0 Å². The summed E-state index contributed by atoms with van der Waals surface area (Å²) in [5, 5.41) is 2.80. The third kappa shape index (κ3) is 3.13. The minimum atomic E-state index is -0.183. The first-order valence-corrected chi connectivity index (χ1v) is 6.21. The molecule has 0 spiro atoms. The number of carbonyl (C=O) groups excluding carboxylic acids is 1. The highest BCUT2D eigenvalue weighted by atomic mass is 16.2. The zero-order valence-electron chi connectivity index (χ0n) is 11.0. The van der Waals surface area contributed by atoms with Crippen LogP contribution in [-0.4, -0.2) is 15.5 Å². The summed E-state index contributed by atoms with van der Waals surface area (Å²) in [7, 11) is 0. The second kappa shape index (κ2) is 5.56. The van der Waals surface area contributed by atoms with Crippen molar-refractivity contribution in [2.75, 3.05) is 5.32 Å². The third-order valence-corrected chi connectivity index (χ3v) is 2.81. The minimum Gasteiger partial charge on any atom is -0.326 e. The van der Waals surface area contributed by atoms with Crippen molar-refractivity contribution in [3.8, 4) is 0 Å². The lowest BCUT2D eigenvalue weighted by Crippen LogP contribution is -2.23. The number of imidazole rings is 1. The Labute approximate surface area is 111 Å². The SMILES string of the molecule is CC(C)n1c(CC(=O)Nc2ccccc2)c[nH]c1=O. The van der Waals surface area contributed by atoms with Crippen LogP contribution in [0.15, 0.2) is 41.3 Å². The van der Waals surface area contributed by atoms with Crippen LogP contribution < -0.4 is 11.0 Å². The molecule has 1 heterocycles. The number of nitrogens with one attached hydrogen (secondary N) is 2. The Morgan fingerprint density at radius 1 is 1.32 bits per heavy atom. The summed E-state index contributed by atoms with van der Waals surface area (Å²) in [5.74, 6) is -0.139. The van der Waals surface area contributed by atoms with Crippen molar-refractivity contribution in [3.63, 3.8) is 0 Å². The molecule has 2 aromatic rings. The van der Waals surface area contributed by atoms with E-state index in [0.717, 1.165) is 5.69 Å². The molecule has 1 amide bonds. The molecule has 5 heteroatoms. The van der Waals surface area contributed by atoms with Gasteiger partial charge >= 0.3 is 5.69 Å². The number of para-hydroxylation sites is 1. The number of benzene rings is 1. The Hall–Kier alpha value is -2.30. The highest BCUT2D eigenvalue weighted by Gasteiger charge is 2.12. The van der Waals surface area contributed by atoms with Gasteiger partial charge in [-0.2, -0.15) is 0 Å². The number of nitrogens with zero attached hydrogens (tertiary/aromatic N) is 1. The van der Waals surface area contributed by atoms with Crippen LogP contribution in [0.1, 0.15) is 25.6 Å². The Kier molecular flexibility index (Phi) is 3.85. The van der Waals surface area contributed by atoms with Crippen molar-refractivity contribution < 1.29 is 4.79 Å². The lowest BCUT2D eigenvalue weighted by atomic mass is 10.2. The van der Waals surface area contributed by atoms with E-state index in [4.69, 9.17) is 0 Å². The van der Waals surface area contributed by atoms with Crippen molar-refractivity contribution in [2.24, 2.45) is 0 Å². The number of aromatic amines is 1. The molecule has 0 fully saturated rings. The van der Waals surface area contributed by atoms with Crippen molar-refractivity contribution in [1.29, 1.82) is 0 Å². The van der Waals surface area contributed by atoms with Gasteiger partial charge in [0.1, 0.15) is 0 Å². The molecule has 0 atom stereocenters. The Morgan fingerprint density at radius 3 is 2.63 bits per heavy atom. The molecule has 0 bridgehead atoms. The smallest absolute Gasteiger partial charge is 0.325 e. The van der Waals surface area contributed by atoms with Crippen molar-refractivity contribution in [2.45, 2.75) is 26.3 Å². The summed E-state index contributed by atoms with van der Waals surface area (Å²) in [6.45, 7) is 3.82. The van der Waals surface area contributed by atoms with Gasteiger partial charge in [-0.05, 0) is 26.0 Å². The number of carbonyl (C=O) groups is 1. The zero-order valence-corrected chi connectivity index (χ0v) is 11.0. The van der Waals surface area contributed by atoms with Gasteiger partial charge in [0, 0.05) is 23.6 Å². The van der Waals surface area contributed by atoms with Crippen LogP contribution in [0.25, 0.3) is 0 Å². The van der Waals surface area contributed by atoms with Gasteiger partial charge in [0.2, 0.25) is 5.91 Å². The topological polar surface area (TPSA) is 66.9 Å². The van der Waals surface area contributed by atoms with Crippen LogP contribution in [0.4, 0.5) is 5.69 Å². The second-order valence-electron chi connectivity index (χ2n) is 4.64. The number of H-pyrrole nitrogens is 1. The van der Waals surface area contributed by atoms with Gasteiger partial charge < -0.3 is 10.3 Å². The molecule has 100 valence electrons. The molecule has 0 saturated carbocycles. The van der Waals surface area contributed by atoms with Crippen molar-refractivity contribution in [1.82, 2.24) is 9.55 Å². The van der Waals surface area contributed by atoms with E-state index in [1.807, 2.05) is 44.2 Å². The summed E-state index contributed by atoms with van der Waals surface area (Å²) in [6.07, 6.45) is 1.76. The van der Waals surface area contributed by atoms with Crippen LogP contribution in [0, 0.1) is 0 Å². The van der Waals surface area contributed by atoms with Crippen LogP contribution in [-0.2, 0) is 11.2 Å². The maximum Gasteiger partial charge on any atom is 0.325 e. The molecule has 0 saturated heterocycles. The first-order chi connectivity index (χ1) is 9.08. The minimum absolute atomic E-state index is 0.0262. The lowest BCUT2D eigenvalue weighted by Gasteiger charge is -2.10. The molecule has 1 aromatic carbocycles. The highest BCUT2D eigenvalue weighted by molar-refractivity contribution is 5.91. The molecule has 0 aliphatic carbocycles. The van der Waals surface area contributed by atoms with E-state index in [2.05, 4.69) is 10.3 Å². The molecule has 0 aliphatic rings. The maximum absolute atomic E-state index is 11.9. The third-order valence-electron chi connectivity index (χ3n) is 2.81. The summed E-state index contributed by atoms with van der Waals surface area (Å²) >= 11 is 0. The molecule has 1 aromatic heterocycles. The van der Waals surface area contributed by atoms with E-state index in [-0.39, 0.29) is 24.1 Å². The number of aromatic nitrogens is 2. The fourth-order valence-corrected chi connectivity index (χ4v) is 2.01. The molecular weight excluding hydrogens is 242 g/mol. The molecule has 2 rings (SSSR count). The van der Waals surface area contributed by atoms with Gasteiger partial charge in [-0.1, -0.05) is 18.2 Å². The van der Waals surface area contributed by atoms with E-state index >= 15 is 0 Å². The zero-order chi connectivity index (χ0) is 13.8. The van der Waals surface area contributed by atoms with Gasteiger partial charge in [-0.3, -0.25) is 9.36 Å². The second-order valence-corrected chi connectivity index (χ2v) is 4.64. The van der Waals surface area contributed by atoms with Crippen LogP contribution >= 0.6 is 0 Å². The van der Waals surface area contributed by atoms with Crippen molar-refractivity contribution in [3.05, 3.63) is 52.7 Å². The number of rotatable bonds is 4. The van der Waals surface area contributed by atoms with Crippen molar-refractivity contribution >= 4 is 11.6 Å². The lowest BCUT2D eigenvalue weighted by molar-refractivity contribution is -0.115. The van der Waals surface area contributed by atoms with Gasteiger partial charge in [0.15, 0.2) is 0 Å². The molecule has 0 radical (unpaired) electrons. The normalized spacial score (nSPS) is 10.7. The standard InChI is InChI=1S/C14H17N3O2/c1-10(2)17-12(9-15-14(17)19)8-13(18)16-11-6-4-3-5-7-11/h3-7,9-10H,8H2,1-2H3,(H,15,19)(H,16,18). The predicted octanol–water partition coefficient (Wildman–Crippen LogP) is 1.94. The monoisotopic (exact) mass is 259 g/mol. The van der Waals surface area contributed by atoms with Gasteiger partial charge in [-0.25, -0.2) is 4.79 Å². The molecule has 19 heavy (non-hydrogen) atoms. The molecular formula is C14H17N3O2. The first kappa shape index (κ1) is 13.1.